The van der Waals surface area contributed by atoms with Crippen LogP contribution in [0, 0.1) is 11.6 Å². The van der Waals surface area contributed by atoms with Crippen LogP contribution in [-0.2, 0) is 4.74 Å². The van der Waals surface area contributed by atoms with E-state index in [2.05, 4.69) is 4.99 Å². The standard InChI is InChI=1S/C12H14F2N2O2/c1-7(4-8-6-17-12(15)16-8)18-9-2-3-10(13)11(14)5-9/h2-3,5,7-8H,4,6H2,1H3,(H2,15,16)/t7-,8-/m0/s1. The van der Waals surface area contributed by atoms with Crippen LogP contribution in [0.4, 0.5) is 8.78 Å². The number of nitrogens with two attached hydrogens (primary N) is 1. The van der Waals surface area contributed by atoms with Gasteiger partial charge in [0.15, 0.2) is 11.6 Å². The summed E-state index contributed by atoms with van der Waals surface area (Å²) in [5.41, 5.74) is 5.39. The maximum atomic E-state index is 13.0. The van der Waals surface area contributed by atoms with Crippen molar-refractivity contribution in [3.05, 3.63) is 29.8 Å². The fourth-order valence-electron chi connectivity index (χ4n) is 1.77. The molecule has 0 saturated carbocycles. The van der Waals surface area contributed by atoms with Crippen molar-refractivity contribution in [2.75, 3.05) is 6.61 Å². The molecular formula is C12H14F2N2O2. The zero-order valence-corrected chi connectivity index (χ0v) is 9.90. The van der Waals surface area contributed by atoms with Crippen LogP contribution in [0.2, 0.25) is 0 Å². The second kappa shape index (κ2) is 5.20. The van der Waals surface area contributed by atoms with E-state index in [1.807, 2.05) is 6.92 Å². The second-order valence-corrected chi connectivity index (χ2v) is 4.17. The van der Waals surface area contributed by atoms with E-state index < -0.39 is 11.6 Å². The van der Waals surface area contributed by atoms with E-state index in [0.717, 1.165) is 12.1 Å². The quantitative estimate of drug-likeness (QED) is 0.894. The first-order valence-corrected chi connectivity index (χ1v) is 5.62. The lowest BCUT2D eigenvalue weighted by Gasteiger charge is -2.16. The lowest BCUT2D eigenvalue weighted by molar-refractivity contribution is 0.188. The van der Waals surface area contributed by atoms with Gasteiger partial charge in [0.2, 0.25) is 0 Å². The van der Waals surface area contributed by atoms with Gasteiger partial charge in [-0.05, 0) is 19.1 Å². The molecule has 0 aromatic heterocycles. The van der Waals surface area contributed by atoms with Gasteiger partial charge >= 0.3 is 0 Å². The lowest BCUT2D eigenvalue weighted by Crippen LogP contribution is -2.20. The number of amidine groups is 1. The summed E-state index contributed by atoms with van der Waals surface area (Å²) in [6, 6.07) is 3.57. The highest BCUT2D eigenvalue weighted by atomic mass is 19.2. The molecule has 6 heteroatoms. The van der Waals surface area contributed by atoms with Gasteiger partial charge in [0.1, 0.15) is 12.4 Å². The first-order chi connectivity index (χ1) is 8.54. The third kappa shape index (κ3) is 3.09. The number of benzene rings is 1. The van der Waals surface area contributed by atoms with Crippen molar-refractivity contribution in [2.45, 2.75) is 25.5 Å². The molecule has 1 aromatic rings. The summed E-state index contributed by atoms with van der Waals surface area (Å²) in [6.45, 7) is 2.25. The normalized spacial score (nSPS) is 20.2. The summed E-state index contributed by atoms with van der Waals surface area (Å²) < 4.78 is 36.2. The molecule has 98 valence electrons. The maximum Gasteiger partial charge on any atom is 0.282 e. The van der Waals surface area contributed by atoms with E-state index in [1.54, 1.807) is 0 Å². The Kier molecular flexibility index (Phi) is 3.64. The van der Waals surface area contributed by atoms with E-state index in [1.165, 1.54) is 6.07 Å². The Morgan fingerprint density at radius 2 is 2.28 bits per heavy atom. The van der Waals surface area contributed by atoms with Gasteiger partial charge in [0, 0.05) is 12.5 Å². The molecule has 0 aliphatic carbocycles. The van der Waals surface area contributed by atoms with Crippen molar-refractivity contribution < 1.29 is 18.3 Å². The lowest BCUT2D eigenvalue weighted by atomic mass is 10.1. The van der Waals surface area contributed by atoms with Gasteiger partial charge in [-0.25, -0.2) is 13.8 Å². The number of ether oxygens (including phenoxy) is 2. The fourth-order valence-corrected chi connectivity index (χ4v) is 1.77. The SMILES string of the molecule is C[C@@H](C[C@H]1COC(N)=N1)Oc1ccc(F)c(F)c1. The molecule has 1 aromatic carbocycles. The average molecular weight is 256 g/mol. The van der Waals surface area contributed by atoms with Crippen LogP contribution in [0.15, 0.2) is 23.2 Å². The largest absolute Gasteiger partial charge is 0.491 e. The zero-order chi connectivity index (χ0) is 13.1. The highest BCUT2D eigenvalue weighted by Gasteiger charge is 2.20. The van der Waals surface area contributed by atoms with Crippen LogP contribution < -0.4 is 10.5 Å². The van der Waals surface area contributed by atoms with Crippen molar-refractivity contribution in [3.8, 4) is 5.75 Å². The van der Waals surface area contributed by atoms with Crippen LogP contribution in [-0.4, -0.2) is 24.8 Å². The topological polar surface area (TPSA) is 56.8 Å². The van der Waals surface area contributed by atoms with E-state index in [9.17, 15) is 8.78 Å². The van der Waals surface area contributed by atoms with E-state index in [0.29, 0.717) is 13.0 Å². The van der Waals surface area contributed by atoms with Gasteiger partial charge in [0.05, 0.1) is 12.1 Å². The number of hydrogen-bond acceptors (Lipinski definition) is 4. The van der Waals surface area contributed by atoms with Gasteiger partial charge in [-0.3, -0.25) is 0 Å². The van der Waals surface area contributed by atoms with Crippen molar-refractivity contribution in [2.24, 2.45) is 10.7 Å². The van der Waals surface area contributed by atoms with Crippen LogP contribution in [0.25, 0.3) is 0 Å². The minimum absolute atomic E-state index is 0.0507. The Balaban J connectivity index is 1.90. The predicted molar refractivity (Wildman–Crippen MR) is 62.4 cm³/mol. The Hall–Kier alpha value is -1.85. The van der Waals surface area contributed by atoms with Gasteiger partial charge in [-0.2, -0.15) is 0 Å². The number of halogens is 2. The molecule has 0 unspecified atom stereocenters. The Labute approximate surface area is 103 Å². The second-order valence-electron chi connectivity index (χ2n) is 4.17. The third-order valence-electron chi connectivity index (χ3n) is 2.57. The van der Waals surface area contributed by atoms with E-state index >= 15 is 0 Å². The van der Waals surface area contributed by atoms with Crippen molar-refractivity contribution >= 4 is 6.02 Å². The summed E-state index contributed by atoms with van der Waals surface area (Å²) in [4.78, 5) is 4.06. The maximum absolute atomic E-state index is 13.0. The molecule has 1 heterocycles. The Morgan fingerprint density at radius 3 is 2.89 bits per heavy atom. The number of hydrogen-bond donors (Lipinski definition) is 1. The fraction of sp³-hybridized carbons (Fsp3) is 0.417. The molecule has 18 heavy (non-hydrogen) atoms. The Bertz CT molecular complexity index is 465. The third-order valence-corrected chi connectivity index (χ3v) is 2.57. The average Bonchev–Trinajstić information content (AvgIpc) is 2.69. The molecule has 0 amide bonds. The molecule has 4 nitrogen and oxygen atoms in total. The number of rotatable bonds is 4. The first kappa shape index (κ1) is 12.6. The molecule has 1 aliphatic rings. The van der Waals surface area contributed by atoms with Crippen LogP contribution >= 0.6 is 0 Å². The molecular weight excluding hydrogens is 242 g/mol. The monoisotopic (exact) mass is 256 g/mol. The molecule has 0 fully saturated rings. The summed E-state index contributed by atoms with van der Waals surface area (Å²) in [6.07, 6.45) is 0.401. The van der Waals surface area contributed by atoms with Gasteiger partial charge in [0.25, 0.3) is 6.02 Å². The van der Waals surface area contributed by atoms with Crippen LogP contribution in [0.1, 0.15) is 13.3 Å². The van der Waals surface area contributed by atoms with Crippen molar-refractivity contribution in [1.29, 1.82) is 0 Å². The predicted octanol–water partition coefficient (Wildman–Crippen LogP) is 1.84. The molecule has 2 N–H and O–H groups in total. The first-order valence-electron chi connectivity index (χ1n) is 5.62. The summed E-state index contributed by atoms with van der Waals surface area (Å²) in [5.74, 6) is -1.53. The van der Waals surface area contributed by atoms with Gasteiger partial charge in [-0.15, -0.1) is 0 Å². The summed E-state index contributed by atoms with van der Waals surface area (Å²) in [5, 5.41) is 0. The highest BCUT2D eigenvalue weighted by molar-refractivity contribution is 5.72. The smallest absolute Gasteiger partial charge is 0.282 e. The molecule has 2 atom stereocenters. The number of nitrogens with zero attached hydrogens (tertiary/aromatic N) is 1. The summed E-state index contributed by atoms with van der Waals surface area (Å²) in [7, 11) is 0. The van der Waals surface area contributed by atoms with Crippen LogP contribution in [0.5, 0.6) is 5.75 Å². The molecule has 0 radical (unpaired) electrons. The van der Waals surface area contributed by atoms with Crippen molar-refractivity contribution in [1.82, 2.24) is 0 Å². The highest BCUT2D eigenvalue weighted by Crippen LogP contribution is 2.19. The van der Waals surface area contributed by atoms with E-state index in [-0.39, 0.29) is 23.9 Å². The molecule has 0 bridgehead atoms. The molecule has 2 rings (SSSR count). The minimum atomic E-state index is -0.925. The van der Waals surface area contributed by atoms with Crippen LogP contribution in [0.3, 0.4) is 0 Å². The molecule has 0 saturated heterocycles. The van der Waals surface area contributed by atoms with E-state index in [4.69, 9.17) is 15.2 Å². The Morgan fingerprint density at radius 1 is 1.50 bits per heavy atom. The summed E-state index contributed by atoms with van der Waals surface area (Å²) >= 11 is 0. The van der Waals surface area contributed by atoms with Gasteiger partial charge in [-0.1, -0.05) is 0 Å². The zero-order valence-electron chi connectivity index (χ0n) is 9.90. The minimum Gasteiger partial charge on any atom is -0.491 e. The molecule has 0 spiro atoms. The van der Waals surface area contributed by atoms with Crippen molar-refractivity contribution in [3.63, 3.8) is 0 Å². The molecule has 1 aliphatic heterocycles. The number of aliphatic imine (C=N–C) groups is 1. The van der Waals surface area contributed by atoms with Gasteiger partial charge < -0.3 is 15.2 Å².